The van der Waals surface area contributed by atoms with E-state index in [1.165, 1.54) is 0 Å². The standard InChI is InChI=1S/C15H28N4O2S.ClH/c16-8-4-1-5-9-17-13(20)7-3-2-6-12-14-11(10-22-12)18-15(21)19-14;/h11-12,14H,1-10,16H2,(H,17,20)(H2,18,19,21);1H. The Bertz CT molecular complexity index is 386. The predicted octanol–water partition coefficient (Wildman–Crippen LogP) is 1.38. The first-order valence-corrected chi connectivity index (χ1v) is 9.41. The Labute approximate surface area is 148 Å². The molecule has 23 heavy (non-hydrogen) atoms. The van der Waals surface area contributed by atoms with Crippen molar-refractivity contribution in [2.75, 3.05) is 18.8 Å². The van der Waals surface area contributed by atoms with E-state index in [-0.39, 0.29) is 30.4 Å². The fourth-order valence-electron chi connectivity index (χ4n) is 3.04. The molecule has 2 rings (SSSR count). The predicted molar refractivity (Wildman–Crippen MR) is 97.1 cm³/mol. The van der Waals surface area contributed by atoms with Gasteiger partial charge in [-0.3, -0.25) is 4.79 Å². The van der Waals surface area contributed by atoms with Crippen LogP contribution in [0.4, 0.5) is 4.79 Å². The molecular weight excluding hydrogens is 336 g/mol. The number of carbonyl (C=O) groups excluding carboxylic acids is 2. The van der Waals surface area contributed by atoms with Crippen molar-refractivity contribution >= 4 is 36.1 Å². The zero-order valence-corrected chi connectivity index (χ0v) is 15.1. The Kier molecular flexibility index (Phi) is 9.74. The SMILES string of the molecule is Cl.NCCCCCNC(=O)CCCCC1SCC2NC(=O)NC21. The van der Waals surface area contributed by atoms with E-state index in [0.717, 1.165) is 57.4 Å². The Balaban J connectivity index is 0.00000264. The van der Waals surface area contributed by atoms with Gasteiger partial charge in [0.15, 0.2) is 0 Å². The third-order valence-corrected chi connectivity index (χ3v) is 5.79. The van der Waals surface area contributed by atoms with Crippen molar-refractivity contribution in [2.24, 2.45) is 5.73 Å². The van der Waals surface area contributed by atoms with Crippen molar-refractivity contribution < 1.29 is 9.59 Å². The second-order valence-corrected chi connectivity index (χ2v) is 7.34. The zero-order valence-electron chi connectivity index (χ0n) is 13.5. The van der Waals surface area contributed by atoms with Crippen LogP contribution in [0.2, 0.25) is 0 Å². The van der Waals surface area contributed by atoms with Gasteiger partial charge in [-0.05, 0) is 32.2 Å². The largest absolute Gasteiger partial charge is 0.356 e. The van der Waals surface area contributed by atoms with Crippen molar-refractivity contribution in [1.29, 1.82) is 0 Å². The van der Waals surface area contributed by atoms with Crippen molar-refractivity contribution in [1.82, 2.24) is 16.0 Å². The highest BCUT2D eigenvalue weighted by Gasteiger charge is 2.42. The molecule has 0 saturated carbocycles. The summed E-state index contributed by atoms with van der Waals surface area (Å²) in [5.41, 5.74) is 5.43. The van der Waals surface area contributed by atoms with E-state index in [1.54, 1.807) is 0 Å². The molecule has 2 fully saturated rings. The minimum Gasteiger partial charge on any atom is -0.356 e. The second kappa shape index (κ2) is 11.0. The molecule has 6 nitrogen and oxygen atoms in total. The normalized spacial score (nSPS) is 25.3. The fraction of sp³-hybridized carbons (Fsp3) is 0.867. The average Bonchev–Trinajstić information content (AvgIpc) is 3.03. The van der Waals surface area contributed by atoms with Crippen LogP contribution in [0, 0.1) is 0 Å². The Hall–Kier alpha value is -0.660. The molecule has 2 aliphatic rings. The number of nitrogens with two attached hydrogens (primary N) is 1. The van der Waals surface area contributed by atoms with Crippen molar-refractivity contribution in [2.45, 2.75) is 62.3 Å². The third-order valence-electron chi connectivity index (χ3n) is 4.28. The number of hydrogen-bond acceptors (Lipinski definition) is 4. The summed E-state index contributed by atoms with van der Waals surface area (Å²) < 4.78 is 0. The lowest BCUT2D eigenvalue weighted by Crippen LogP contribution is -2.36. The quantitative estimate of drug-likeness (QED) is 0.348. The molecule has 3 atom stereocenters. The topological polar surface area (TPSA) is 96.2 Å². The molecule has 0 radical (unpaired) electrons. The summed E-state index contributed by atoms with van der Waals surface area (Å²) in [4.78, 5) is 23.0. The van der Waals surface area contributed by atoms with Crippen molar-refractivity contribution in [3.63, 3.8) is 0 Å². The van der Waals surface area contributed by atoms with Gasteiger partial charge >= 0.3 is 6.03 Å². The highest BCUT2D eigenvalue weighted by Crippen LogP contribution is 2.33. The Morgan fingerprint density at radius 3 is 2.83 bits per heavy atom. The van der Waals surface area contributed by atoms with Crippen LogP contribution in [-0.2, 0) is 4.79 Å². The molecule has 2 heterocycles. The lowest BCUT2D eigenvalue weighted by atomic mass is 10.0. The number of hydrogen-bond donors (Lipinski definition) is 4. The molecule has 3 amide bonds. The van der Waals surface area contributed by atoms with Crippen LogP contribution in [0.1, 0.15) is 44.9 Å². The number of unbranched alkanes of at least 4 members (excludes halogenated alkanes) is 3. The van der Waals surface area contributed by atoms with Crippen molar-refractivity contribution in [3.8, 4) is 0 Å². The van der Waals surface area contributed by atoms with Gasteiger partial charge in [-0.15, -0.1) is 12.4 Å². The van der Waals surface area contributed by atoms with Crippen LogP contribution in [0.15, 0.2) is 0 Å². The summed E-state index contributed by atoms with van der Waals surface area (Å²) in [6.45, 7) is 1.49. The molecule has 5 N–H and O–H groups in total. The smallest absolute Gasteiger partial charge is 0.315 e. The average molecular weight is 365 g/mol. The van der Waals surface area contributed by atoms with Gasteiger partial charge in [-0.2, -0.15) is 11.8 Å². The number of carbonyl (C=O) groups is 2. The number of urea groups is 1. The maximum absolute atomic E-state index is 11.7. The second-order valence-electron chi connectivity index (χ2n) is 6.07. The van der Waals surface area contributed by atoms with Crippen LogP contribution >= 0.6 is 24.2 Å². The molecule has 8 heteroatoms. The van der Waals surface area contributed by atoms with E-state index in [0.29, 0.717) is 17.7 Å². The maximum atomic E-state index is 11.7. The van der Waals surface area contributed by atoms with E-state index in [4.69, 9.17) is 5.73 Å². The van der Waals surface area contributed by atoms with Gasteiger partial charge in [-0.25, -0.2) is 4.79 Å². The molecule has 0 aromatic carbocycles. The number of fused-ring (bicyclic) bond motifs is 1. The van der Waals surface area contributed by atoms with E-state index in [2.05, 4.69) is 16.0 Å². The highest BCUT2D eigenvalue weighted by atomic mass is 35.5. The molecule has 0 bridgehead atoms. The fourth-order valence-corrected chi connectivity index (χ4v) is 4.58. The van der Waals surface area contributed by atoms with Gasteiger partial charge < -0.3 is 21.7 Å². The van der Waals surface area contributed by atoms with Gasteiger partial charge in [0.2, 0.25) is 5.91 Å². The number of thioether (sulfide) groups is 1. The van der Waals surface area contributed by atoms with Gasteiger partial charge in [-0.1, -0.05) is 12.8 Å². The summed E-state index contributed by atoms with van der Waals surface area (Å²) in [5.74, 6) is 1.15. The molecule has 0 spiro atoms. The zero-order chi connectivity index (χ0) is 15.8. The first-order chi connectivity index (χ1) is 10.7. The number of rotatable bonds is 10. The molecule has 3 unspecified atom stereocenters. The van der Waals surface area contributed by atoms with Crippen molar-refractivity contribution in [3.05, 3.63) is 0 Å². The van der Waals surface area contributed by atoms with Gasteiger partial charge in [0.1, 0.15) is 0 Å². The van der Waals surface area contributed by atoms with Crippen LogP contribution < -0.4 is 21.7 Å². The molecule has 0 aliphatic carbocycles. The number of halogens is 1. The van der Waals surface area contributed by atoms with E-state index in [1.807, 2.05) is 11.8 Å². The Morgan fingerprint density at radius 2 is 2.04 bits per heavy atom. The molecule has 2 aliphatic heterocycles. The number of amides is 3. The molecule has 0 aromatic heterocycles. The van der Waals surface area contributed by atoms with Crippen LogP contribution in [0.5, 0.6) is 0 Å². The number of nitrogens with one attached hydrogen (secondary N) is 3. The van der Waals surface area contributed by atoms with Crippen LogP contribution in [0.3, 0.4) is 0 Å². The first kappa shape index (κ1) is 20.4. The minimum atomic E-state index is -0.0330. The summed E-state index contributed by atoms with van der Waals surface area (Å²) in [6.07, 6.45) is 6.75. The molecule has 2 saturated heterocycles. The van der Waals surface area contributed by atoms with Crippen LogP contribution in [0.25, 0.3) is 0 Å². The molecule has 0 aromatic rings. The summed E-state index contributed by atoms with van der Waals surface area (Å²) >= 11 is 1.93. The van der Waals surface area contributed by atoms with E-state index in [9.17, 15) is 9.59 Å². The molecule has 134 valence electrons. The maximum Gasteiger partial charge on any atom is 0.315 e. The monoisotopic (exact) mass is 364 g/mol. The summed E-state index contributed by atoms with van der Waals surface area (Å²) in [5, 5.41) is 9.40. The first-order valence-electron chi connectivity index (χ1n) is 8.36. The summed E-state index contributed by atoms with van der Waals surface area (Å²) in [7, 11) is 0. The van der Waals surface area contributed by atoms with Crippen LogP contribution in [-0.4, -0.2) is 48.1 Å². The van der Waals surface area contributed by atoms with Gasteiger partial charge in [0, 0.05) is 24.0 Å². The third kappa shape index (κ3) is 6.77. The lowest BCUT2D eigenvalue weighted by molar-refractivity contribution is -0.121. The van der Waals surface area contributed by atoms with E-state index < -0.39 is 0 Å². The highest BCUT2D eigenvalue weighted by molar-refractivity contribution is 8.00. The Morgan fingerprint density at radius 1 is 1.22 bits per heavy atom. The lowest BCUT2D eigenvalue weighted by Gasteiger charge is -2.16. The summed E-state index contributed by atoms with van der Waals surface area (Å²) in [6, 6.07) is 0.530. The van der Waals surface area contributed by atoms with E-state index >= 15 is 0 Å². The van der Waals surface area contributed by atoms with Gasteiger partial charge in [0.25, 0.3) is 0 Å². The molecular formula is C15H29ClN4O2S. The van der Waals surface area contributed by atoms with Gasteiger partial charge in [0.05, 0.1) is 12.1 Å². The minimum absolute atomic E-state index is 0.